The lowest BCUT2D eigenvalue weighted by Crippen LogP contribution is -2.52. The summed E-state index contributed by atoms with van der Waals surface area (Å²) in [6.45, 7) is 13.7. The number of rotatable bonds is 2. The average molecular weight is 295 g/mol. The van der Waals surface area contributed by atoms with Crippen molar-refractivity contribution in [3.05, 3.63) is 0 Å². The van der Waals surface area contributed by atoms with Gasteiger partial charge in [-0.05, 0) is 61.9 Å². The van der Waals surface area contributed by atoms with E-state index in [1.807, 2.05) is 0 Å². The molecule has 1 heterocycles. The molecule has 0 aromatic rings. The molecule has 0 amide bonds. The highest BCUT2D eigenvalue weighted by molar-refractivity contribution is 5.71. The SMILES string of the molecule is CC1(C)CCN(C2CC(C(C)(C)C)CCC2C(=O)O)CC1. The molecule has 3 unspecified atom stereocenters. The van der Waals surface area contributed by atoms with E-state index >= 15 is 0 Å². The second kappa shape index (κ2) is 5.91. The van der Waals surface area contributed by atoms with Crippen molar-refractivity contribution in [3.8, 4) is 0 Å². The Balaban J connectivity index is 2.10. The minimum Gasteiger partial charge on any atom is -0.481 e. The maximum Gasteiger partial charge on any atom is 0.308 e. The quantitative estimate of drug-likeness (QED) is 0.836. The Morgan fingerprint density at radius 1 is 1.14 bits per heavy atom. The van der Waals surface area contributed by atoms with Crippen LogP contribution in [0.3, 0.4) is 0 Å². The zero-order chi connectivity index (χ0) is 15.8. The second-order valence-corrected chi connectivity index (χ2v) is 9.09. The molecule has 3 atom stereocenters. The molecule has 3 nitrogen and oxygen atoms in total. The first-order valence-corrected chi connectivity index (χ1v) is 8.57. The van der Waals surface area contributed by atoms with E-state index in [1.165, 1.54) is 12.8 Å². The van der Waals surface area contributed by atoms with Crippen LogP contribution in [0.4, 0.5) is 0 Å². The van der Waals surface area contributed by atoms with Gasteiger partial charge in [-0.3, -0.25) is 9.69 Å². The first-order chi connectivity index (χ1) is 9.60. The molecule has 122 valence electrons. The van der Waals surface area contributed by atoms with Crippen LogP contribution in [0.1, 0.15) is 66.7 Å². The van der Waals surface area contributed by atoms with Crippen molar-refractivity contribution < 1.29 is 9.90 Å². The number of carbonyl (C=O) groups is 1. The van der Waals surface area contributed by atoms with Gasteiger partial charge in [0, 0.05) is 6.04 Å². The monoisotopic (exact) mass is 295 g/mol. The molecule has 2 fully saturated rings. The van der Waals surface area contributed by atoms with Gasteiger partial charge in [0.1, 0.15) is 0 Å². The fraction of sp³-hybridized carbons (Fsp3) is 0.944. The fourth-order valence-electron chi connectivity index (χ4n) is 4.09. The van der Waals surface area contributed by atoms with Crippen LogP contribution in [-0.4, -0.2) is 35.1 Å². The molecule has 1 N–H and O–H groups in total. The van der Waals surface area contributed by atoms with Crippen LogP contribution >= 0.6 is 0 Å². The normalized spacial score (nSPS) is 34.6. The molecule has 21 heavy (non-hydrogen) atoms. The molecule has 1 aliphatic carbocycles. The van der Waals surface area contributed by atoms with Crippen molar-refractivity contribution in [1.29, 1.82) is 0 Å². The van der Waals surface area contributed by atoms with Crippen LogP contribution < -0.4 is 0 Å². The number of hydrogen-bond acceptors (Lipinski definition) is 2. The van der Waals surface area contributed by atoms with Gasteiger partial charge in [-0.1, -0.05) is 34.6 Å². The summed E-state index contributed by atoms with van der Waals surface area (Å²) in [5, 5.41) is 9.60. The van der Waals surface area contributed by atoms with Gasteiger partial charge in [0.2, 0.25) is 0 Å². The fourth-order valence-corrected chi connectivity index (χ4v) is 4.09. The summed E-state index contributed by atoms with van der Waals surface area (Å²) < 4.78 is 0. The van der Waals surface area contributed by atoms with Crippen molar-refractivity contribution >= 4 is 5.97 Å². The van der Waals surface area contributed by atoms with Gasteiger partial charge in [-0.25, -0.2) is 0 Å². The molecule has 0 bridgehead atoms. The summed E-state index contributed by atoms with van der Waals surface area (Å²) in [7, 11) is 0. The van der Waals surface area contributed by atoms with Gasteiger partial charge in [0.15, 0.2) is 0 Å². The smallest absolute Gasteiger partial charge is 0.308 e. The molecule has 0 spiro atoms. The predicted molar refractivity (Wildman–Crippen MR) is 86.3 cm³/mol. The number of carboxylic acid groups (broad SMARTS) is 1. The van der Waals surface area contributed by atoms with Gasteiger partial charge in [0.05, 0.1) is 5.92 Å². The van der Waals surface area contributed by atoms with Crippen molar-refractivity contribution in [2.24, 2.45) is 22.7 Å². The van der Waals surface area contributed by atoms with Crippen LogP contribution in [0.15, 0.2) is 0 Å². The number of carboxylic acids is 1. The van der Waals surface area contributed by atoms with E-state index in [0.29, 0.717) is 11.3 Å². The lowest BCUT2D eigenvalue weighted by atomic mass is 9.67. The van der Waals surface area contributed by atoms with Crippen LogP contribution in [-0.2, 0) is 4.79 Å². The lowest BCUT2D eigenvalue weighted by molar-refractivity contribution is -0.147. The number of likely N-dealkylation sites (tertiary alicyclic amines) is 1. The molecule has 1 saturated carbocycles. The van der Waals surface area contributed by atoms with Crippen molar-refractivity contribution in [3.63, 3.8) is 0 Å². The highest BCUT2D eigenvalue weighted by Crippen LogP contribution is 2.43. The standard InChI is InChI=1S/C18H33NO2/c1-17(2,3)13-6-7-14(16(20)21)15(12-13)19-10-8-18(4,5)9-11-19/h13-15H,6-12H2,1-5H3,(H,20,21). The number of aliphatic carboxylic acids is 1. The molecule has 0 aromatic carbocycles. The van der Waals surface area contributed by atoms with Gasteiger partial charge in [-0.15, -0.1) is 0 Å². The number of piperidine rings is 1. The predicted octanol–water partition coefficient (Wildman–Crippen LogP) is 4.02. The molecular weight excluding hydrogens is 262 g/mol. The molecule has 0 radical (unpaired) electrons. The van der Waals surface area contributed by atoms with Crippen molar-refractivity contribution in [1.82, 2.24) is 4.90 Å². The topological polar surface area (TPSA) is 40.5 Å². The summed E-state index contributed by atoms with van der Waals surface area (Å²) in [4.78, 5) is 14.2. The Bertz CT molecular complexity index is 373. The highest BCUT2D eigenvalue weighted by Gasteiger charge is 2.42. The third-order valence-electron chi connectivity index (χ3n) is 5.98. The van der Waals surface area contributed by atoms with Gasteiger partial charge in [0.25, 0.3) is 0 Å². The van der Waals surface area contributed by atoms with E-state index in [1.54, 1.807) is 0 Å². The van der Waals surface area contributed by atoms with E-state index in [4.69, 9.17) is 0 Å². The summed E-state index contributed by atoms with van der Waals surface area (Å²) in [5.41, 5.74) is 0.712. The molecule has 2 rings (SSSR count). The zero-order valence-corrected chi connectivity index (χ0v) is 14.5. The Morgan fingerprint density at radius 3 is 2.19 bits per heavy atom. The first-order valence-electron chi connectivity index (χ1n) is 8.57. The van der Waals surface area contributed by atoms with Crippen LogP contribution in [0, 0.1) is 22.7 Å². The Labute approximate surface area is 130 Å². The minimum atomic E-state index is -0.586. The lowest BCUT2D eigenvalue weighted by Gasteiger charge is -2.48. The summed E-state index contributed by atoms with van der Waals surface area (Å²) in [6.07, 6.45) is 5.35. The Kier molecular flexibility index (Phi) is 4.72. The maximum absolute atomic E-state index is 11.7. The largest absolute Gasteiger partial charge is 0.481 e. The van der Waals surface area contributed by atoms with E-state index in [0.717, 1.165) is 32.4 Å². The summed E-state index contributed by atoms with van der Waals surface area (Å²) in [6, 6.07) is 0.247. The maximum atomic E-state index is 11.7. The number of nitrogens with zero attached hydrogens (tertiary/aromatic N) is 1. The van der Waals surface area contributed by atoms with E-state index < -0.39 is 5.97 Å². The Morgan fingerprint density at radius 2 is 1.71 bits per heavy atom. The molecule has 3 heteroatoms. The first kappa shape index (κ1) is 16.8. The van der Waals surface area contributed by atoms with Gasteiger partial charge < -0.3 is 5.11 Å². The summed E-state index contributed by atoms with van der Waals surface area (Å²) >= 11 is 0. The molecule has 1 saturated heterocycles. The average Bonchev–Trinajstić information content (AvgIpc) is 2.37. The Hall–Kier alpha value is -0.570. The minimum absolute atomic E-state index is 0.162. The van der Waals surface area contributed by atoms with Crippen molar-refractivity contribution in [2.45, 2.75) is 72.8 Å². The van der Waals surface area contributed by atoms with Gasteiger partial charge in [-0.2, -0.15) is 0 Å². The van der Waals surface area contributed by atoms with Crippen LogP contribution in [0.2, 0.25) is 0 Å². The van der Waals surface area contributed by atoms with Crippen LogP contribution in [0.25, 0.3) is 0 Å². The van der Waals surface area contributed by atoms with E-state index in [-0.39, 0.29) is 17.4 Å². The third kappa shape index (κ3) is 4.00. The molecular formula is C18H33NO2. The molecule has 0 aromatic heterocycles. The van der Waals surface area contributed by atoms with Crippen molar-refractivity contribution in [2.75, 3.05) is 13.1 Å². The van der Waals surface area contributed by atoms with Gasteiger partial charge >= 0.3 is 5.97 Å². The molecule has 1 aliphatic heterocycles. The van der Waals surface area contributed by atoms with Crippen LogP contribution in [0.5, 0.6) is 0 Å². The number of hydrogen-bond donors (Lipinski definition) is 1. The van der Waals surface area contributed by atoms with E-state index in [2.05, 4.69) is 39.5 Å². The second-order valence-electron chi connectivity index (χ2n) is 9.09. The highest BCUT2D eigenvalue weighted by atomic mass is 16.4. The molecule has 2 aliphatic rings. The third-order valence-corrected chi connectivity index (χ3v) is 5.98. The summed E-state index contributed by atoms with van der Waals surface area (Å²) in [5.74, 6) is -0.102. The van der Waals surface area contributed by atoms with E-state index in [9.17, 15) is 9.90 Å². The zero-order valence-electron chi connectivity index (χ0n) is 14.5.